The van der Waals surface area contributed by atoms with Gasteiger partial charge < -0.3 is 10.6 Å². The number of carbonyl (C=O) groups is 1. The van der Waals surface area contributed by atoms with E-state index in [1.54, 1.807) is 0 Å². The lowest BCUT2D eigenvalue weighted by molar-refractivity contribution is -0.130. The van der Waals surface area contributed by atoms with Crippen molar-refractivity contribution in [2.75, 3.05) is 6.54 Å². The van der Waals surface area contributed by atoms with Gasteiger partial charge in [0.2, 0.25) is 5.91 Å². The molecule has 0 radical (unpaired) electrons. The number of thioether (sulfide) groups is 2. The molecule has 5 nitrogen and oxygen atoms in total. The van der Waals surface area contributed by atoms with E-state index in [1.807, 2.05) is 65.1 Å². The van der Waals surface area contributed by atoms with Crippen molar-refractivity contribution in [2.24, 2.45) is 10.8 Å². The Morgan fingerprint density at radius 1 is 0.617 bits per heavy atom. The number of fused-ring (bicyclic) bond motifs is 1. The van der Waals surface area contributed by atoms with Crippen molar-refractivity contribution in [3.8, 4) is 0 Å². The summed E-state index contributed by atoms with van der Waals surface area (Å²) in [6.45, 7) is 46.3. The molecule has 0 aliphatic heterocycles. The predicted molar refractivity (Wildman–Crippen MR) is 215 cm³/mol. The third kappa shape index (κ3) is 22.9. The van der Waals surface area contributed by atoms with Crippen LogP contribution in [0.25, 0.3) is 11.0 Å². The van der Waals surface area contributed by atoms with Crippen LogP contribution in [-0.4, -0.2) is 43.0 Å². The maximum atomic E-state index is 11.4. The van der Waals surface area contributed by atoms with Gasteiger partial charge >= 0.3 is 0 Å². The fourth-order valence-corrected chi connectivity index (χ4v) is 5.05. The second-order valence-corrected chi connectivity index (χ2v) is 23.6. The Bertz CT molecular complexity index is 1240. The molecule has 47 heavy (non-hydrogen) atoms. The molecule has 2 rings (SSSR count). The zero-order chi connectivity index (χ0) is 37.4. The topological polar surface area (TPSA) is 66.9 Å². The molecule has 2 N–H and O–H groups in total. The number of hydrogen-bond acceptors (Lipinski definition) is 6. The molecule has 0 fully saturated rings. The van der Waals surface area contributed by atoms with E-state index in [0.717, 1.165) is 40.5 Å². The maximum absolute atomic E-state index is 11.4. The summed E-state index contributed by atoms with van der Waals surface area (Å²) in [5, 5.41) is 6.38. The van der Waals surface area contributed by atoms with Crippen molar-refractivity contribution in [3.05, 3.63) is 35.2 Å². The summed E-state index contributed by atoms with van der Waals surface area (Å²) in [5.41, 5.74) is 5.98. The fourth-order valence-electron chi connectivity index (χ4n) is 3.45. The number of nitrogens with zero attached hydrogens (tertiary/aromatic N) is 2. The fraction of sp³-hybridized carbons (Fsp3) is 0.775. The lowest BCUT2D eigenvalue weighted by atomic mass is 9.87. The second-order valence-electron chi connectivity index (χ2n) is 20.0. The van der Waals surface area contributed by atoms with Gasteiger partial charge in [0.1, 0.15) is 0 Å². The summed E-state index contributed by atoms with van der Waals surface area (Å²) in [6.07, 6.45) is 0. The first-order chi connectivity index (χ1) is 20.6. The zero-order valence-corrected chi connectivity index (χ0v) is 36.1. The van der Waals surface area contributed by atoms with Gasteiger partial charge in [0.05, 0.1) is 22.4 Å². The summed E-state index contributed by atoms with van der Waals surface area (Å²) in [5.74, 6) is 1.92. The van der Waals surface area contributed by atoms with Gasteiger partial charge in [0.15, 0.2) is 0 Å². The van der Waals surface area contributed by atoms with Crippen molar-refractivity contribution in [2.45, 2.75) is 183 Å². The summed E-state index contributed by atoms with van der Waals surface area (Å²) in [6, 6.07) is 6.55. The molecule has 0 atom stereocenters. The van der Waals surface area contributed by atoms with Crippen LogP contribution in [0, 0.1) is 10.8 Å². The van der Waals surface area contributed by atoms with Crippen LogP contribution in [-0.2, 0) is 21.7 Å². The third-order valence-corrected chi connectivity index (χ3v) is 8.86. The van der Waals surface area contributed by atoms with E-state index in [-0.39, 0.29) is 37.3 Å². The molecule has 0 aliphatic rings. The van der Waals surface area contributed by atoms with Crippen molar-refractivity contribution in [3.63, 3.8) is 0 Å². The van der Waals surface area contributed by atoms with Crippen LogP contribution >= 0.6 is 23.5 Å². The smallest absolute Gasteiger partial charge is 0.225 e. The van der Waals surface area contributed by atoms with Gasteiger partial charge in [0, 0.05) is 44.0 Å². The van der Waals surface area contributed by atoms with Gasteiger partial charge in [-0.05, 0) is 70.1 Å². The number of aromatic nitrogens is 2. The summed E-state index contributed by atoms with van der Waals surface area (Å²) >= 11 is 3.88. The van der Waals surface area contributed by atoms with Crippen LogP contribution in [0.2, 0.25) is 0 Å². The van der Waals surface area contributed by atoms with E-state index in [0.29, 0.717) is 5.41 Å². The molecule has 0 saturated carbocycles. The van der Waals surface area contributed by atoms with Gasteiger partial charge in [-0.25, -0.2) is 9.97 Å². The molecule has 1 amide bonds. The second kappa shape index (κ2) is 17.1. The predicted octanol–water partition coefficient (Wildman–Crippen LogP) is 11.4. The first-order valence-electron chi connectivity index (χ1n) is 17.2. The van der Waals surface area contributed by atoms with Crippen molar-refractivity contribution in [1.29, 1.82) is 0 Å². The number of rotatable bonds is 5. The van der Waals surface area contributed by atoms with Crippen LogP contribution in [0.15, 0.2) is 18.2 Å². The highest BCUT2D eigenvalue weighted by atomic mass is 32.2. The molecule has 7 heteroatoms. The highest BCUT2D eigenvalue weighted by molar-refractivity contribution is 8.00. The first kappa shape index (κ1) is 45.7. The van der Waals surface area contributed by atoms with Gasteiger partial charge in [-0.15, -0.1) is 23.5 Å². The normalized spacial score (nSPS) is 13.4. The first-order valence-corrected chi connectivity index (χ1v) is 19.2. The zero-order valence-electron chi connectivity index (χ0n) is 34.5. The lowest BCUT2D eigenvalue weighted by Crippen LogP contribution is -2.46. The van der Waals surface area contributed by atoms with Crippen molar-refractivity contribution >= 4 is 40.5 Å². The average Bonchev–Trinajstić information content (AvgIpc) is 2.81. The number of nitrogens with one attached hydrogen (secondary N) is 2. The number of hydrogen-bond donors (Lipinski definition) is 2. The van der Waals surface area contributed by atoms with Crippen LogP contribution in [0.1, 0.15) is 162 Å². The molecule has 272 valence electrons. The number of benzene rings is 1. The van der Waals surface area contributed by atoms with E-state index in [2.05, 4.69) is 133 Å². The Hall–Kier alpha value is -1.31. The van der Waals surface area contributed by atoms with E-state index in [4.69, 9.17) is 9.97 Å². The Labute approximate surface area is 300 Å². The molecular formula is C40H74N4OS2. The number of amides is 1. The Morgan fingerprint density at radius 2 is 1.04 bits per heavy atom. The Kier molecular flexibility index (Phi) is 16.6. The van der Waals surface area contributed by atoms with Crippen LogP contribution in [0.5, 0.6) is 0 Å². The highest BCUT2D eigenvalue weighted by Crippen LogP contribution is 2.33. The SMILES string of the molecule is CC(C)(C)CNC(C)(C)C.CC(C)(C)NC(=O)C(C)(C)C.CC(C)(C)SCc1nc2ccc(C(C)(C)C)cc2nc1CSC(C)(C)C. The minimum atomic E-state index is -0.284. The van der Waals surface area contributed by atoms with Crippen molar-refractivity contribution in [1.82, 2.24) is 20.6 Å². The largest absolute Gasteiger partial charge is 0.351 e. The summed E-state index contributed by atoms with van der Waals surface area (Å²) in [7, 11) is 0. The van der Waals surface area contributed by atoms with Crippen LogP contribution in [0.3, 0.4) is 0 Å². The molecule has 0 aliphatic carbocycles. The minimum absolute atomic E-state index is 0.102. The Balaban J connectivity index is 0.000000831. The molecule has 2 aromatic rings. The van der Waals surface area contributed by atoms with Gasteiger partial charge in [-0.3, -0.25) is 4.79 Å². The number of carbonyl (C=O) groups excluding carboxylic acids is 1. The molecule has 1 heterocycles. The average molecular weight is 691 g/mol. The lowest BCUT2D eigenvalue weighted by Gasteiger charge is -2.27. The summed E-state index contributed by atoms with van der Waals surface area (Å²) < 4.78 is 0.444. The van der Waals surface area contributed by atoms with E-state index >= 15 is 0 Å². The highest BCUT2D eigenvalue weighted by Gasteiger charge is 2.25. The van der Waals surface area contributed by atoms with E-state index in [9.17, 15) is 4.79 Å². The molecule has 0 saturated heterocycles. The van der Waals surface area contributed by atoms with Gasteiger partial charge in [0.25, 0.3) is 0 Å². The molecule has 0 bridgehead atoms. The molecule has 1 aromatic heterocycles. The Morgan fingerprint density at radius 3 is 1.32 bits per heavy atom. The molecule has 0 unspecified atom stereocenters. The summed E-state index contributed by atoms with van der Waals surface area (Å²) in [4.78, 5) is 21.4. The van der Waals surface area contributed by atoms with E-state index in [1.165, 1.54) is 5.56 Å². The van der Waals surface area contributed by atoms with Gasteiger partial charge in [-0.2, -0.15) is 0 Å². The molecular weight excluding hydrogens is 617 g/mol. The van der Waals surface area contributed by atoms with Crippen molar-refractivity contribution < 1.29 is 4.79 Å². The maximum Gasteiger partial charge on any atom is 0.225 e. The molecule has 1 aromatic carbocycles. The third-order valence-electron chi connectivity index (χ3n) is 6.29. The molecule has 0 spiro atoms. The van der Waals surface area contributed by atoms with Crippen LogP contribution < -0.4 is 10.6 Å². The monoisotopic (exact) mass is 691 g/mol. The van der Waals surface area contributed by atoms with Crippen LogP contribution in [0.4, 0.5) is 0 Å². The quantitative estimate of drug-likeness (QED) is 0.325. The minimum Gasteiger partial charge on any atom is -0.351 e. The standard InChI is InChI=1S/C22H34N2S2.C9H19NO.C9H21N/c1-20(2,3)15-10-11-16-17(12-15)24-19(14-26-22(7,8)9)18(23-16)13-25-21(4,5)6;1-8(2,3)7(11)10-9(4,5)6;1-8(2,3)7-10-9(4,5)6/h10-12H,13-14H2,1-9H3;1-6H3,(H,10,11);10H,7H2,1-6H3. The van der Waals surface area contributed by atoms with Gasteiger partial charge in [-0.1, -0.05) is 110 Å². The van der Waals surface area contributed by atoms with E-state index < -0.39 is 0 Å².